The van der Waals surface area contributed by atoms with Crippen molar-refractivity contribution in [1.29, 1.82) is 0 Å². The summed E-state index contributed by atoms with van der Waals surface area (Å²) in [7, 11) is 0. The van der Waals surface area contributed by atoms with Crippen LogP contribution in [0.25, 0.3) is 0 Å². The van der Waals surface area contributed by atoms with E-state index in [2.05, 4.69) is 107 Å². The molecule has 1 fully saturated rings. The number of hydrogen-bond acceptors (Lipinski definition) is 3. The molecule has 1 aliphatic heterocycles. The second kappa shape index (κ2) is 11.9. The van der Waals surface area contributed by atoms with Crippen molar-refractivity contribution in [2.45, 2.75) is 84.8 Å². The summed E-state index contributed by atoms with van der Waals surface area (Å²) in [4.78, 5) is 2.11. The number of nitrogens with two attached hydrogens (primary N) is 1. The zero-order valence-electron chi connectivity index (χ0n) is 21.9. The molecule has 188 valence electrons. The molecule has 6 heteroatoms. The van der Waals surface area contributed by atoms with Crippen LogP contribution in [-0.4, -0.2) is 36.3 Å². The van der Waals surface area contributed by atoms with E-state index in [1.165, 1.54) is 16.7 Å². The fourth-order valence-corrected chi connectivity index (χ4v) is 4.18. The predicted molar refractivity (Wildman–Crippen MR) is 147 cm³/mol. The highest BCUT2D eigenvalue weighted by molar-refractivity contribution is 5.94. The Balaban J connectivity index is 0.00000408. The van der Waals surface area contributed by atoms with Crippen molar-refractivity contribution < 1.29 is 4.74 Å². The maximum atomic E-state index is 6.67. The van der Waals surface area contributed by atoms with E-state index in [0.29, 0.717) is 31.6 Å². The number of morpholine rings is 1. The van der Waals surface area contributed by atoms with Crippen LogP contribution in [-0.2, 0) is 16.7 Å². The lowest BCUT2D eigenvalue weighted by atomic mass is 9.87. The third-order valence-corrected chi connectivity index (χ3v) is 6.66. The Morgan fingerprint density at radius 1 is 1.06 bits per heavy atom. The molecule has 2 aromatic rings. The van der Waals surface area contributed by atoms with Gasteiger partial charge in [-0.3, -0.25) is 5.01 Å². The molecule has 3 atom stereocenters. The first-order valence-corrected chi connectivity index (χ1v) is 12.3. The molecule has 2 aromatic carbocycles. The molecule has 3 rings (SSSR count). The standard InChI is InChI=1S/C28H42N4O.ClH/c1-8-20(2)24-11-15-26(16-12-24)31(17-23-9-13-25(14-10-23)28(5,6)7)27(29)30-32-21(3)18-33-19-22(32)4;/h9-16,20-22H,8,17-19H2,1-7H3,(H2,29,30);1H. The number of rotatable bonds is 6. The van der Waals surface area contributed by atoms with Gasteiger partial charge in [0.25, 0.3) is 0 Å². The quantitative estimate of drug-likeness (QED) is 0.386. The van der Waals surface area contributed by atoms with Gasteiger partial charge in [0.15, 0.2) is 0 Å². The molecular formula is C28H43ClN4O. The van der Waals surface area contributed by atoms with Crippen LogP contribution in [0.15, 0.2) is 53.6 Å². The summed E-state index contributed by atoms with van der Waals surface area (Å²) in [5.41, 5.74) is 11.7. The monoisotopic (exact) mass is 486 g/mol. The van der Waals surface area contributed by atoms with Crippen molar-refractivity contribution >= 4 is 24.1 Å². The zero-order chi connectivity index (χ0) is 24.2. The minimum Gasteiger partial charge on any atom is -0.377 e. The third kappa shape index (κ3) is 6.89. The lowest BCUT2D eigenvalue weighted by Crippen LogP contribution is -2.49. The van der Waals surface area contributed by atoms with Crippen molar-refractivity contribution in [1.82, 2.24) is 5.01 Å². The molecule has 5 nitrogen and oxygen atoms in total. The molecule has 2 N–H and O–H groups in total. The van der Waals surface area contributed by atoms with Crippen LogP contribution < -0.4 is 10.6 Å². The second-order valence-electron chi connectivity index (χ2n) is 10.5. The number of anilines is 1. The first-order valence-electron chi connectivity index (χ1n) is 12.3. The second-order valence-corrected chi connectivity index (χ2v) is 10.5. The Bertz CT molecular complexity index is 911. The van der Waals surface area contributed by atoms with E-state index < -0.39 is 0 Å². The van der Waals surface area contributed by atoms with Crippen LogP contribution in [0, 0.1) is 0 Å². The van der Waals surface area contributed by atoms with E-state index in [0.717, 1.165) is 12.1 Å². The molecular weight excluding hydrogens is 444 g/mol. The summed E-state index contributed by atoms with van der Waals surface area (Å²) in [6.07, 6.45) is 1.12. The highest BCUT2D eigenvalue weighted by atomic mass is 35.5. The average molecular weight is 487 g/mol. The van der Waals surface area contributed by atoms with Gasteiger partial charge in [0.2, 0.25) is 5.96 Å². The molecule has 1 saturated heterocycles. The number of guanidine groups is 1. The zero-order valence-corrected chi connectivity index (χ0v) is 22.7. The lowest BCUT2D eigenvalue weighted by Gasteiger charge is -2.37. The largest absolute Gasteiger partial charge is 0.377 e. The molecule has 0 aromatic heterocycles. The molecule has 3 unspecified atom stereocenters. The summed E-state index contributed by atoms with van der Waals surface area (Å²) < 4.78 is 5.67. The molecule has 0 amide bonds. The highest BCUT2D eigenvalue weighted by Crippen LogP contribution is 2.26. The molecule has 1 heterocycles. The highest BCUT2D eigenvalue weighted by Gasteiger charge is 2.25. The van der Waals surface area contributed by atoms with E-state index >= 15 is 0 Å². The van der Waals surface area contributed by atoms with E-state index in [-0.39, 0.29) is 29.9 Å². The maximum absolute atomic E-state index is 6.67. The normalized spacial score (nSPS) is 20.0. The van der Waals surface area contributed by atoms with E-state index in [1.807, 2.05) is 0 Å². The van der Waals surface area contributed by atoms with Crippen LogP contribution in [0.2, 0.25) is 0 Å². The SMILES string of the molecule is CCC(C)c1ccc(N(Cc2ccc(C(C)(C)C)cc2)C(N)=NN2C(C)COCC2C)cc1.Cl. The summed E-state index contributed by atoms with van der Waals surface area (Å²) in [6.45, 7) is 17.5. The van der Waals surface area contributed by atoms with Crippen molar-refractivity contribution in [3.8, 4) is 0 Å². The van der Waals surface area contributed by atoms with E-state index in [4.69, 9.17) is 15.6 Å². The Morgan fingerprint density at radius 2 is 1.62 bits per heavy atom. The summed E-state index contributed by atoms with van der Waals surface area (Å²) >= 11 is 0. The van der Waals surface area contributed by atoms with Gasteiger partial charge in [-0.05, 0) is 60.4 Å². The van der Waals surface area contributed by atoms with Gasteiger partial charge in [-0.25, -0.2) is 0 Å². The van der Waals surface area contributed by atoms with Crippen molar-refractivity contribution in [2.75, 3.05) is 18.1 Å². The van der Waals surface area contributed by atoms with Crippen LogP contribution >= 0.6 is 12.4 Å². The first-order chi connectivity index (χ1) is 15.6. The molecule has 34 heavy (non-hydrogen) atoms. The fraction of sp³-hybridized carbons (Fsp3) is 0.536. The van der Waals surface area contributed by atoms with Gasteiger partial charge in [0.1, 0.15) is 0 Å². The lowest BCUT2D eigenvalue weighted by molar-refractivity contribution is -0.0356. The van der Waals surface area contributed by atoms with Crippen molar-refractivity contribution in [3.63, 3.8) is 0 Å². The number of ether oxygens (including phenoxy) is 1. The number of hydrogen-bond donors (Lipinski definition) is 1. The van der Waals surface area contributed by atoms with Gasteiger partial charge in [0, 0.05) is 5.69 Å². The van der Waals surface area contributed by atoms with Gasteiger partial charge in [-0.15, -0.1) is 17.5 Å². The Kier molecular flexibility index (Phi) is 9.84. The molecule has 0 radical (unpaired) electrons. The summed E-state index contributed by atoms with van der Waals surface area (Å²) in [5.74, 6) is 1.05. The van der Waals surface area contributed by atoms with Crippen LogP contribution in [0.5, 0.6) is 0 Å². The van der Waals surface area contributed by atoms with Gasteiger partial charge in [0.05, 0.1) is 31.8 Å². The first kappa shape index (κ1) is 28.0. The van der Waals surface area contributed by atoms with E-state index in [1.54, 1.807) is 0 Å². The molecule has 0 aliphatic carbocycles. The fourth-order valence-electron chi connectivity index (χ4n) is 4.18. The van der Waals surface area contributed by atoms with Gasteiger partial charge >= 0.3 is 0 Å². The van der Waals surface area contributed by atoms with Crippen molar-refractivity contribution in [3.05, 3.63) is 65.2 Å². The molecule has 1 aliphatic rings. The number of benzene rings is 2. The van der Waals surface area contributed by atoms with Crippen LogP contribution in [0.1, 0.15) is 77.5 Å². The minimum atomic E-state index is 0. The number of nitrogens with zero attached hydrogens (tertiary/aromatic N) is 3. The van der Waals surface area contributed by atoms with Crippen molar-refractivity contribution in [2.24, 2.45) is 10.8 Å². The molecule has 0 spiro atoms. The Hall–Kier alpha value is -2.24. The van der Waals surface area contributed by atoms with E-state index in [9.17, 15) is 0 Å². The Labute approximate surface area is 212 Å². The summed E-state index contributed by atoms with van der Waals surface area (Å²) in [6, 6.07) is 18.0. The van der Waals surface area contributed by atoms with Crippen LogP contribution in [0.3, 0.4) is 0 Å². The Morgan fingerprint density at radius 3 is 2.12 bits per heavy atom. The van der Waals surface area contributed by atoms with Gasteiger partial charge in [-0.2, -0.15) is 0 Å². The molecule has 0 bridgehead atoms. The average Bonchev–Trinajstić information content (AvgIpc) is 2.79. The van der Waals surface area contributed by atoms with Crippen LogP contribution in [0.4, 0.5) is 5.69 Å². The predicted octanol–water partition coefficient (Wildman–Crippen LogP) is 6.26. The number of hydrazone groups is 1. The molecule has 0 saturated carbocycles. The minimum absolute atomic E-state index is 0. The van der Waals surface area contributed by atoms with Gasteiger partial charge < -0.3 is 15.4 Å². The maximum Gasteiger partial charge on any atom is 0.218 e. The summed E-state index contributed by atoms with van der Waals surface area (Å²) in [5, 5.41) is 6.96. The topological polar surface area (TPSA) is 54.1 Å². The van der Waals surface area contributed by atoms with Gasteiger partial charge in [-0.1, -0.05) is 71.0 Å². The smallest absolute Gasteiger partial charge is 0.218 e. The number of halogens is 1. The third-order valence-electron chi connectivity index (χ3n) is 6.66.